The third kappa shape index (κ3) is 4.86. The van der Waals surface area contributed by atoms with Gasteiger partial charge >= 0.3 is 5.97 Å². The number of halogens is 2. The SMILES string of the molecule is O=C(O)c1ccc2c(c1)N(C[C@@H]1CC[C@H]1CO)Cc1ccc(Cl)c(F)c1CCCCS2. The molecule has 1 aliphatic heterocycles. The zero-order valence-corrected chi connectivity index (χ0v) is 18.9. The molecule has 4 nitrogen and oxygen atoms in total. The number of benzene rings is 2. The molecule has 0 saturated heterocycles. The molecule has 7 heteroatoms. The number of rotatable bonds is 4. The van der Waals surface area contributed by atoms with E-state index in [4.69, 9.17) is 11.6 Å². The molecule has 31 heavy (non-hydrogen) atoms. The summed E-state index contributed by atoms with van der Waals surface area (Å²) in [5, 5.41) is 19.4. The van der Waals surface area contributed by atoms with E-state index in [1.165, 1.54) is 0 Å². The Bertz CT molecular complexity index is 968. The average molecular weight is 464 g/mol. The second-order valence-electron chi connectivity index (χ2n) is 8.45. The molecule has 1 aliphatic carbocycles. The molecule has 4 rings (SSSR count). The zero-order chi connectivity index (χ0) is 22.0. The molecule has 2 aromatic carbocycles. The van der Waals surface area contributed by atoms with E-state index in [9.17, 15) is 19.4 Å². The second-order valence-corrected chi connectivity index (χ2v) is 10.00. The maximum Gasteiger partial charge on any atom is 0.335 e. The highest BCUT2D eigenvalue weighted by atomic mass is 35.5. The lowest BCUT2D eigenvalue weighted by atomic mass is 9.74. The number of anilines is 1. The zero-order valence-electron chi connectivity index (χ0n) is 17.3. The lowest BCUT2D eigenvalue weighted by Crippen LogP contribution is -2.39. The van der Waals surface area contributed by atoms with Crippen LogP contribution >= 0.6 is 23.4 Å². The first kappa shape index (κ1) is 22.4. The minimum absolute atomic E-state index is 0.141. The molecule has 166 valence electrons. The van der Waals surface area contributed by atoms with Crippen LogP contribution in [0.2, 0.25) is 5.02 Å². The standard InChI is InChI=1S/C24H27ClFNO3S/c25-20-8-6-17-13-27(12-16-4-5-18(16)14-28)21-11-15(24(29)30)7-9-22(21)31-10-2-1-3-19(17)23(20)26/h6-9,11,16,18,28H,1-5,10,12-14H2,(H,29,30)/t16-,18-/m0/s1. The van der Waals surface area contributed by atoms with Crippen LogP contribution in [0, 0.1) is 17.7 Å². The Morgan fingerprint density at radius 2 is 2.00 bits per heavy atom. The quantitative estimate of drug-likeness (QED) is 0.615. The van der Waals surface area contributed by atoms with Crippen molar-refractivity contribution in [2.45, 2.75) is 43.5 Å². The number of carboxylic acids is 1. The monoisotopic (exact) mass is 463 g/mol. The third-order valence-corrected chi connectivity index (χ3v) is 7.98. The van der Waals surface area contributed by atoms with E-state index in [2.05, 4.69) is 4.90 Å². The minimum atomic E-state index is -0.961. The lowest BCUT2D eigenvalue weighted by molar-refractivity contribution is 0.0697. The smallest absolute Gasteiger partial charge is 0.335 e. The number of nitrogens with zero attached hydrogens (tertiary/aromatic N) is 1. The third-order valence-electron chi connectivity index (χ3n) is 6.54. The molecule has 1 heterocycles. The fourth-order valence-corrected chi connectivity index (χ4v) is 5.76. The number of aliphatic hydroxyl groups is 1. The van der Waals surface area contributed by atoms with Gasteiger partial charge in [-0.2, -0.15) is 0 Å². The molecule has 2 atom stereocenters. The molecule has 2 aliphatic rings. The highest BCUT2D eigenvalue weighted by molar-refractivity contribution is 7.99. The van der Waals surface area contributed by atoms with E-state index in [0.717, 1.165) is 47.6 Å². The Balaban J connectivity index is 1.78. The number of carboxylic acid groups (broad SMARTS) is 1. The van der Waals surface area contributed by atoms with Gasteiger partial charge < -0.3 is 15.1 Å². The topological polar surface area (TPSA) is 60.8 Å². The first-order valence-corrected chi connectivity index (χ1v) is 12.2. The van der Waals surface area contributed by atoms with Gasteiger partial charge in [0.1, 0.15) is 5.82 Å². The number of aliphatic hydroxyl groups excluding tert-OH is 1. The molecular formula is C24H27ClFNO3S. The van der Waals surface area contributed by atoms with E-state index in [1.807, 2.05) is 12.1 Å². The Labute approximate surface area is 191 Å². The number of carbonyl (C=O) groups is 1. The molecule has 1 fully saturated rings. The van der Waals surface area contributed by atoms with Gasteiger partial charge in [0.05, 0.1) is 16.3 Å². The lowest BCUT2D eigenvalue weighted by Gasteiger charge is -2.40. The van der Waals surface area contributed by atoms with Crippen LogP contribution in [-0.4, -0.2) is 35.1 Å². The normalized spacial score (nSPS) is 21.5. The van der Waals surface area contributed by atoms with Gasteiger partial charge in [0.15, 0.2) is 0 Å². The summed E-state index contributed by atoms with van der Waals surface area (Å²) < 4.78 is 14.9. The maximum atomic E-state index is 14.9. The molecule has 0 radical (unpaired) electrons. The number of hydrogen-bond donors (Lipinski definition) is 2. The summed E-state index contributed by atoms with van der Waals surface area (Å²) in [6.07, 6.45) is 4.48. The van der Waals surface area contributed by atoms with Crippen LogP contribution in [-0.2, 0) is 13.0 Å². The predicted molar refractivity (Wildman–Crippen MR) is 123 cm³/mol. The van der Waals surface area contributed by atoms with Gasteiger partial charge in [-0.3, -0.25) is 0 Å². The highest BCUT2D eigenvalue weighted by Gasteiger charge is 2.32. The molecule has 0 aromatic heterocycles. The Morgan fingerprint density at radius 1 is 1.19 bits per heavy atom. The van der Waals surface area contributed by atoms with Gasteiger partial charge in [0.2, 0.25) is 0 Å². The fraction of sp³-hybridized carbons (Fsp3) is 0.458. The van der Waals surface area contributed by atoms with Crippen LogP contribution < -0.4 is 4.90 Å². The van der Waals surface area contributed by atoms with Crippen molar-refractivity contribution < 1.29 is 19.4 Å². The summed E-state index contributed by atoms with van der Waals surface area (Å²) in [5.74, 6) is 0.174. The van der Waals surface area contributed by atoms with Gasteiger partial charge in [-0.15, -0.1) is 11.8 Å². The Morgan fingerprint density at radius 3 is 2.71 bits per heavy atom. The van der Waals surface area contributed by atoms with Crippen molar-refractivity contribution in [1.29, 1.82) is 0 Å². The molecule has 0 amide bonds. The second kappa shape index (κ2) is 9.80. The van der Waals surface area contributed by atoms with Crippen molar-refractivity contribution in [3.05, 3.63) is 57.9 Å². The van der Waals surface area contributed by atoms with Crippen molar-refractivity contribution in [3.63, 3.8) is 0 Å². The van der Waals surface area contributed by atoms with Crippen molar-refractivity contribution in [3.8, 4) is 0 Å². The van der Waals surface area contributed by atoms with Crippen LogP contribution in [0.1, 0.15) is 47.2 Å². The first-order valence-electron chi connectivity index (χ1n) is 10.8. The number of fused-ring (bicyclic) bond motifs is 2. The van der Waals surface area contributed by atoms with Crippen molar-refractivity contribution in [2.24, 2.45) is 11.8 Å². The molecule has 2 N–H and O–H groups in total. The van der Waals surface area contributed by atoms with Crippen LogP contribution in [0.5, 0.6) is 0 Å². The number of hydrogen-bond acceptors (Lipinski definition) is 4. The van der Waals surface area contributed by atoms with Crippen molar-refractivity contribution in [2.75, 3.05) is 23.8 Å². The summed E-state index contributed by atoms with van der Waals surface area (Å²) in [5.41, 5.74) is 2.67. The molecular weight excluding hydrogens is 437 g/mol. The Hall–Kier alpha value is -1.76. The van der Waals surface area contributed by atoms with Crippen LogP contribution in [0.4, 0.5) is 10.1 Å². The summed E-state index contributed by atoms with van der Waals surface area (Å²) in [4.78, 5) is 14.9. The van der Waals surface area contributed by atoms with Crippen molar-refractivity contribution >= 4 is 35.0 Å². The molecule has 0 spiro atoms. The molecule has 1 saturated carbocycles. The van der Waals surface area contributed by atoms with Crippen LogP contribution in [0.3, 0.4) is 0 Å². The fourth-order valence-electron chi connectivity index (χ4n) is 4.51. The van der Waals surface area contributed by atoms with E-state index >= 15 is 0 Å². The maximum absolute atomic E-state index is 14.9. The number of thioether (sulfide) groups is 1. The van der Waals surface area contributed by atoms with E-state index in [-0.39, 0.29) is 28.9 Å². The molecule has 0 unspecified atom stereocenters. The summed E-state index contributed by atoms with van der Waals surface area (Å²) in [6, 6.07) is 8.78. The summed E-state index contributed by atoms with van der Waals surface area (Å²) >= 11 is 7.81. The largest absolute Gasteiger partial charge is 0.478 e. The van der Waals surface area contributed by atoms with E-state index < -0.39 is 5.97 Å². The Kier molecular flexibility index (Phi) is 7.09. The van der Waals surface area contributed by atoms with Gasteiger partial charge in [0, 0.05) is 24.6 Å². The summed E-state index contributed by atoms with van der Waals surface area (Å²) in [7, 11) is 0. The molecule has 2 aromatic rings. The first-order chi connectivity index (χ1) is 15.0. The van der Waals surface area contributed by atoms with Crippen LogP contribution in [0.15, 0.2) is 35.2 Å². The van der Waals surface area contributed by atoms with Gasteiger partial charge in [-0.25, -0.2) is 9.18 Å². The highest BCUT2D eigenvalue weighted by Crippen LogP contribution is 2.40. The van der Waals surface area contributed by atoms with E-state index in [1.54, 1.807) is 30.0 Å². The van der Waals surface area contributed by atoms with Gasteiger partial charge in [0.25, 0.3) is 0 Å². The predicted octanol–water partition coefficient (Wildman–Crippen LogP) is 5.63. The van der Waals surface area contributed by atoms with Gasteiger partial charge in [-0.1, -0.05) is 17.7 Å². The molecule has 0 bridgehead atoms. The van der Waals surface area contributed by atoms with Crippen molar-refractivity contribution in [1.82, 2.24) is 0 Å². The van der Waals surface area contributed by atoms with E-state index in [0.29, 0.717) is 31.0 Å². The van der Waals surface area contributed by atoms with Crippen LogP contribution in [0.25, 0.3) is 0 Å². The number of aromatic carboxylic acids is 1. The minimum Gasteiger partial charge on any atom is -0.478 e. The van der Waals surface area contributed by atoms with Gasteiger partial charge in [-0.05, 0) is 85.1 Å². The average Bonchev–Trinajstić information content (AvgIpc) is 2.77. The summed E-state index contributed by atoms with van der Waals surface area (Å²) in [6.45, 7) is 1.34.